The molecule has 3 rings (SSSR count). The van der Waals surface area contributed by atoms with Crippen molar-refractivity contribution in [2.24, 2.45) is 0 Å². The summed E-state index contributed by atoms with van der Waals surface area (Å²) in [4.78, 5) is 0. The molecular formula is C13H11Br2NO2. The van der Waals surface area contributed by atoms with E-state index in [-0.39, 0.29) is 6.04 Å². The lowest BCUT2D eigenvalue weighted by atomic mass is 9.99. The molecule has 0 saturated heterocycles. The zero-order chi connectivity index (χ0) is 12.7. The van der Waals surface area contributed by atoms with Crippen LogP contribution in [0.25, 0.3) is 0 Å². The van der Waals surface area contributed by atoms with E-state index in [2.05, 4.69) is 43.2 Å². The largest absolute Gasteiger partial charge is 0.450 e. The molecule has 2 heterocycles. The highest BCUT2D eigenvalue weighted by atomic mass is 79.9. The summed E-state index contributed by atoms with van der Waals surface area (Å²) in [6.45, 7) is 0.779. The third-order valence-corrected chi connectivity index (χ3v) is 4.88. The van der Waals surface area contributed by atoms with Crippen LogP contribution in [0.3, 0.4) is 0 Å². The zero-order valence-corrected chi connectivity index (χ0v) is 12.5. The van der Waals surface area contributed by atoms with Crippen molar-refractivity contribution in [1.82, 2.24) is 5.32 Å². The maximum atomic E-state index is 10.4. The Kier molecular flexibility index (Phi) is 3.32. The van der Waals surface area contributed by atoms with E-state index < -0.39 is 6.10 Å². The molecule has 2 atom stereocenters. The Balaban J connectivity index is 1.92. The molecule has 5 heteroatoms. The van der Waals surface area contributed by atoms with Crippen molar-refractivity contribution in [1.29, 1.82) is 0 Å². The second-order valence-electron chi connectivity index (χ2n) is 4.27. The van der Waals surface area contributed by atoms with Crippen LogP contribution in [-0.4, -0.2) is 5.11 Å². The molecule has 3 nitrogen and oxygen atoms in total. The van der Waals surface area contributed by atoms with Crippen molar-refractivity contribution in [3.05, 3.63) is 56.4 Å². The van der Waals surface area contributed by atoms with Crippen LogP contribution in [-0.2, 0) is 6.54 Å². The number of benzene rings is 1. The zero-order valence-electron chi connectivity index (χ0n) is 9.36. The second kappa shape index (κ2) is 4.81. The molecule has 1 aliphatic heterocycles. The van der Waals surface area contributed by atoms with E-state index in [0.717, 1.165) is 16.6 Å². The standard InChI is InChI=1S/C13H11Br2NO2/c14-9-5-10(18-13(9)15)12(17)11-8-4-2-1-3-7(8)6-16-11/h1-5,11-12,16-17H,6H2. The minimum Gasteiger partial charge on any atom is -0.450 e. The molecule has 0 fully saturated rings. The fourth-order valence-electron chi connectivity index (χ4n) is 2.28. The van der Waals surface area contributed by atoms with E-state index in [4.69, 9.17) is 4.42 Å². The summed E-state index contributed by atoms with van der Waals surface area (Å²) in [5.74, 6) is 0.544. The fraction of sp³-hybridized carbons (Fsp3) is 0.231. The molecule has 0 spiro atoms. The Labute approximate surface area is 121 Å². The highest BCUT2D eigenvalue weighted by Gasteiger charge is 2.31. The highest BCUT2D eigenvalue weighted by molar-refractivity contribution is 9.13. The van der Waals surface area contributed by atoms with Gasteiger partial charge in [0.1, 0.15) is 11.9 Å². The van der Waals surface area contributed by atoms with E-state index in [1.165, 1.54) is 5.56 Å². The number of fused-ring (bicyclic) bond motifs is 1. The average Bonchev–Trinajstić information content (AvgIpc) is 2.93. The quantitative estimate of drug-likeness (QED) is 0.845. The van der Waals surface area contributed by atoms with Crippen molar-refractivity contribution in [2.75, 3.05) is 0 Å². The van der Waals surface area contributed by atoms with Gasteiger partial charge in [0, 0.05) is 6.54 Å². The second-order valence-corrected chi connectivity index (χ2v) is 5.85. The summed E-state index contributed by atoms with van der Waals surface area (Å²) in [5, 5.41) is 13.7. The maximum Gasteiger partial charge on any atom is 0.183 e. The summed E-state index contributed by atoms with van der Waals surface area (Å²) < 4.78 is 6.89. The van der Waals surface area contributed by atoms with Crippen LogP contribution in [0.1, 0.15) is 29.0 Å². The molecule has 0 amide bonds. The van der Waals surface area contributed by atoms with Gasteiger partial charge < -0.3 is 14.8 Å². The number of hydrogen-bond acceptors (Lipinski definition) is 3. The normalized spacial score (nSPS) is 19.8. The number of aliphatic hydroxyl groups is 1. The number of nitrogens with one attached hydrogen (secondary N) is 1. The average molecular weight is 373 g/mol. The van der Waals surface area contributed by atoms with Crippen LogP contribution in [0.5, 0.6) is 0 Å². The number of halogens is 2. The molecule has 1 aromatic heterocycles. The number of furan rings is 1. The van der Waals surface area contributed by atoms with Gasteiger partial charge in [-0.05, 0) is 49.1 Å². The Morgan fingerprint density at radius 1 is 1.33 bits per heavy atom. The topological polar surface area (TPSA) is 45.4 Å². The third kappa shape index (κ3) is 2.05. The molecule has 18 heavy (non-hydrogen) atoms. The van der Waals surface area contributed by atoms with E-state index in [0.29, 0.717) is 10.4 Å². The van der Waals surface area contributed by atoms with Gasteiger partial charge in [0.05, 0.1) is 10.5 Å². The molecule has 94 valence electrons. The Morgan fingerprint density at radius 3 is 2.83 bits per heavy atom. The Morgan fingerprint density at radius 2 is 2.11 bits per heavy atom. The van der Waals surface area contributed by atoms with Gasteiger partial charge in [0.25, 0.3) is 0 Å². The first-order chi connectivity index (χ1) is 8.66. The van der Waals surface area contributed by atoms with Crippen LogP contribution >= 0.6 is 31.9 Å². The molecule has 0 radical (unpaired) electrons. The van der Waals surface area contributed by atoms with Crippen molar-refractivity contribution >= 4 is 31.9 Å². The third-order valence-electron chi connectivity index (χ3n) is 3.17. The van der Waals surface area contributed by atoms with Gasteiger partial charge in [-0.1, -0.05) is 24.3 Å². The maximum absolute atomic E-state index is 10.4. The predicted molar refractivity (Wildman–Crippen MR) is 75.1 cm³/mol. The van der Waals surface area contributed by atoms with Crippen LogP contribution in [0.4, 0.5) is 0 Å². The van der Waals surface area contributed by atoms with E-state index in [1.54, 1.807) is 6.07 Å². The molecule has 0 aliphatic carbocycles. The Hall–Kier alpha value is -0.620. The first-order valence-corrected chi connectivity index (χ1v) is 7.19. The van der Waals surface area contributed by atoms with Gasteiger partial charge >= 0.3 is 0 Å². The molecule has 1 aliphatic rings. The monoisotopic (exact) mass is 371 g/mol. The minimum absolute atomic E-state index is 0.119. The van der Waals surface area contributed by atoms with Crippen LogP contribution in [0.2, 0.25) is 0 Å². The predicted octanol–water partition coefficient (Wildman–Crippen LogP) is 3.68. The van der Waals surface area contributed by atoms with Gasteiger partial charge in [-0.2, -0.15) is 0 Å². The van der Waals surface area contributed by atoms with Crippen molar-refractivity contribution < 1.29 is 9.52 Å². The van der Waals surface area contributed by atoms with E-state index in [1.807, 2.05) is 18.2 Å². The lowest BCUT2D eigenvalue weighted by Gasteiger charge is -2.17. The van der Waals surface area contributed by atoms with Crippen LogP contribution in [0, 0.1) is 0 Å². The van der Waals surface area contributed by atoms with E-state index in [9.17, 15) is 5.11 Å². The number of hydrogen-bond donors (Lipinski definition) is 2. The highest BCUT2D eigenvalue weighted by Crippen LogP contribution is 2.38. The number of rotatable bonds is 2. The van der Waals surface area contributed by atoms with Crippen molar-refractivity contribution in [3.63, 3.8) is 0 Å². The van der Waals surface area contributed by atoms with Gasteiger partial charge in [-0.25, -0.2) is 0 Å². The molecule has 0 bridgehead atoms. The summed E-state index contributed by atoms with van der Waals surface area (Å²) in [7, 11) is 0. The minimum atomic E-state index is -0.698. The van der Waals surface area contributed by atoms with Crippen molar-refractivity contribution in [2.45, 2.75) is 18.7 Å². The molecule has 1 aromatic carbocycles. The van der Waals surface area contributed by atoms with Crippen LogP contribution < -0.4 is 5.32 Å². The fourth-order valence-corrected chi connectivity index (χ4v) is 2.89. The first kappa shape index (κ1) is 12.4. The van der Waals surface area contributed by atoms with Gasteiger partial charge in [-0.15, -0.1) is 0 Å². The smallest absolute Gasteiger partial charge is 0.183 e. The lowest BCUT2D eigenvalue weighted by Crippen LogP contribution is -2.19. The summed E-state index contributed by atoms with van der Waals surface area (Å²) in [6, 6.07) is 9.78. The van der Waals surface area contributed by atoms with Crippen molar-refractivity contribution in [3.8, 4) is 0 Å². The Bertz CT molecular complexity index is 563. The molecule has 0 saturated carbocycles. The van der Waals surface area contributed by atoms with E-state index >= 15 is 0 Å². The van der Waals surface area contributed by atoms with Gasteiger partial charge in [0.15, 0.2) is 4.67 Å². The molecule has 2 N–H and O–H groups in total. The SMILES string of the molecule is OC(c1cc(Br)c(Br)o1)C1NCc2ccccc21. The van der Waals surface area contributed by atoms with Gasteiger partial charge in [-0.3, -0.25) is 0 Å². The van der Waals surface area contributed by atoms with Crippen LogP contribution in [0.15, 0.2) is 43.9 Å². The molecule has 2 unspecified atom stereocenters. The molecular weight excluding hydrogens is 362 g/mol. The summed E-state index contributed by atoms with van der Waals surface area (Å²) in [5.41, 5.74) is 2.36. The molecule has 2 aromatic rings. The lowest BCUT2D eigenvalue weighted by molar-refractivity contribution is 0.108. The number of aliphatic hydroxyl groups excluding tert-OH is 1. The summed E-state index contributed by atoms with van der Waals surface area (Å²) >= 11 is 6.63. The van der Waals surface area contributed by atoms with Gasteiger partial charge in [0.2, 0.25) is 0 Å². The summed E-state index contributed by atoms with van der Waals surface area (Å²) in [6.07, 6.45) is -0.698. The first-order valence-electron chi connectivity index (χ1n) is 5.61.